The molecule has 1 aromatic heterocycles. The summed E-state index contributed by atoms with van der Waals surface area (Å²) in [6, 6.07) is 4.92. The van der Waals surface area contributed by atoms with Gasteiger partial charge in [0, 0.05) is 37.9 Å². The number of aromatic nitrogens is 2. The number of hydrogen-bond donors (Lipinski definition) is 0. The van der Waals surface area contributed by atoms with Crippen LogP contribution in [0.25, 0.3) is 0 Å². The lowest BCUT2D eigenvalue weighted by Gasteiger charge is -2.42. The molecule has 4 rings (SSSR count). The standard InChI is InChI=1S/C25H29F2N5/c1-16(2)7-17-14-32(15-17)23-9-18(8-22(26)25(23)27)20-10-21(20)19(11-28-3)12-29-13-24-30-5-4-6-31-24/h4-6,8-9,11-12,16-17,20-21H,3,7,10,13-15H2,1-2H3/b19-11+,29-12-. The molecule has 2 aliphatic rings. The van der Waals surface area contributed by atoms with Gasteiger partial charge in [-0.3, -0.25) is 9.98 Å². The van der Waals surface area contributed by atoms with E-state index in [2.05, 4.69) is 40.5 Å². The van der Waals surface area contributed by atoms with E-state index in [1.807, 2.05) is 11.0 Å². The van der Waals surface area contributed by atoms with Crippen molar-refractivity contribution < 1.29 is 8.78 Å². The van der Waals surface area contributed by atoms with E-state index in [0.717, 1.165) is 37.1 Å². The number of aliphatic imine (C=N–C) groups is 2. The van der Waals surface area contributed by atoms with Crippen molar-refractivity contribution in [2.45, 2.75) is 39.2 Å². The lowest BCUT2D eigenvalue weighted by Crippen LogP contribution is -2.47. The fraction of sp³-hybridized carbons (Fsp3) is 0.440. The van der Waals surface area contributed by atoms with Gasteiger partial charge in [-0.1, -0.05) is 13.8 Å². The van der Waals surface area contributed by atoms with Gasteiger partial charge in [0.15, 0.2) is 11.6 Å². The van der Waals surface area contributed by atoms with E-state index in [0.29, 0.717) is 29.9 Å². The van der Waals surface area contributed by atoms with Gasteiger partial charge >= 0.3 is 0 Å². The largest absolute Gasteiger partial charge is 0.368 e. The molecular formula is C25H29F2N5. The average molecular weight is 438 g/mol. The first-order valence-electron chi connectivity index (χ1n) is 11.1. The van der Waals surface area contributed by atoms with Crippen LogP contribution in [0.1, 0.15) is 44.0 Å². The van der Waals surface area contributed by atoms with Crippen LogP contribution >= 0.6 is 0 Å². The second kappa shape index (κ2) is 9.67. The van der Waals surface area contributed by atoms with Crippen LogP contribution in [0.3, 0.4) is 0 Å². The normalized spacial score (nSPS) is 21.3. The molecule has 1 aliphatic heterocycles. The highest BCUT2D eigenvalue weighted by molar-refractivity contribution is 5.80. The first-order chi connectivity index (χ1) is 15.5. The van der Waals surface area contributed by atoms with Crippen LogP contribution in [0.15, 0.2) is 52.4 Å². The summed E-state index contributed by atoms with van der Waals surface area (Å²) in [5.41, 5.74) is 2.13. The van der Waals surface area contributed by atoms with Crippen LogP contribution in [0.5, 0.6) is 0 Å². The topological polar surface area (TPSA) is 53.7 Å². The van der Waals surface area contributed by atoms with Crippen LogP contribution in [0.2, 0.25) is 0 Å². The number of allylic oxidation sites excluding steroid dienone is 1. The maximum Gasteiger partial charge on any atom is 0.182 e. The Morgan fingerprint density at radius 2 is 2.00 bits per heavy atom. The Morgan fingerprint density at radius 3 is 2.69 bits per heavy atom. The van der Waals surface area contributed by atoms with Gasteiger partial charge in [0.1, 0.15) is 5.82 Å². The molecular weight excluding hydrogens is 408 g/mol. The second-order valence-electron chi connectivity index (χ2n) is 9.13. The highest BCUT2D eigenvalue weighted by Crippen LogP contribution is 2.52. The first-order valence-corrected chi connectivity index (χ1v) is 11.1. The van der Waals surface area contributed by atoms with Crippen LogP contribution in [-0.2, 0) is 6.54 Å². The molecule has 1 aromatic carbocycles. The Balaban J connectivity index is 1.44. The molecule has 1 aliphatic carbocycles. The van der Waals surface area contributed by atoms with Gasteiger partial charge in [0.25, 0.3) is 0 Å². The van der Waals surface area contributed by atoms with E-state index in [1.165, 1.54) is 6.07 Å². The fourth-order valence-corrected chi connectivity index (χ4v) is 4.53. The van der Waals surface area contributed by atoms with Crippen molar-refractivity contribution in [2.24, 2.45) is 27.7 Å². The quantitative estimate of drug-likeness (QED) is 0.507. The Kier molecular flexibility index (Phi) is 6.72. The molecule has 2 unspecified atom stereocenters. The molecule has 7 heteroatoms. The minimum Gasteiger partial charge on any atom is -0.368 e. The Bertz CT molecular complexity index is 1010. The number of benzene rings is 1. The monoisotopic (exact) mass is 437 g/mol. The predicted octanol–water partition coefficient (Wildman–Crippen LogP) is 5.20. The molecule has 1 saturated heterocycles. The van der Waals surface area contributed by atoms with Crippen molar-refractivity contribution in [3.8, 4) is 0 Å². The van der Waals surface area contributed by atoms with E-state index < -0.39 is 11.6 Å². The van der Waals surface area contributed by atoms with Crippen molar-refractivity contribution >= 4 is 18.6 Å². The number of hydrogen-bond acceptors (Lipinski definition) is 5. The van der Waals surface area contributed by atoms with Gasteiger partial charge in [0.05, 0.1) is 12.2 Å². The summed E-state index contributed by atoms with van der Waals surface area (Å²) < 4.78 is 29.0. The molecule has 1 saturated carbocycles. The van der Waals surface area contributed by atoms with Crippen molar-refractivity contribution in [3.05, 3.63) is 65.4 Å². The SMILES string of the molecule is C=N/C=C(\C=N/Cc1ncccn1)C1CC1c1cc(F)c(F)c(N2CC(CC(C)C)C2)c1. The lowest BCUT2D eigenvalue weighted by molar-refractivity contribution is 0.333. The van der Waals surface area contributed by atoms with Crippen LogP contribution in [-0.4, -0.2) is 36.0 Å². The van der Waals surface area contributed by atoms with Crippen LogP contribution in [0, 0.1) is 29.4 Å². The van der Waals surface area contributed by atoms with Gasteiger partial charge in [-0.05, 0) is 72.6 Å². The van der Waals surface area contributed by atoms with Gasteiger partial charge < -0.3 is 4.90 Å². The minimum absolute atomic E-state index is 0.115. The third-order valence-electron chi connectivity index (χ3n) is 6.11. The van der Waals surface area contributed by atoms with E-state index in [-0.39, 0.29) is 11.8 Å². The maximum absolute atomic E-state index is 14.5. The summed E-state index contributed by atoms with van der Waals surface area (Å²) in [5, 5.41) is 0. The molecule has 2 atom stereocenters. The van der Waals surface area contributed by atoms with Gasteiger partial charge in [-0.15, -0.1) is 0 Å². The maximum atomic E-state index is 14.5. The third kappa shape index (κ3) is 5.09. The first kappa shape index (κ1) is 22.2. The molecule has 32 heavy (non-hydrogen) atoms. The van der Waals surface area contributed by atoms with Crippen molar-refractivity contribution in [1.82, 2.24) is 9.97 Å². The Morgan fingerprint density at radius 1 is 1.25 bits per heavy atom. The zero-order chi connectivity index (χ0) is 22.7. The summed E-state index contributed by atoms with van der Waals surface area (Å²) in [6.45, 7) is 9.87. The molecule has 0 radical (unpaired) electrons. The van der Waals surface area contributed by atoms with Gasteiger partial charge in [0.2, 0.25) is 0 Å². The molecule has 0 bridgehead atoms. The van der Waals surface area contributed by atoms with E-state index in [4.69, 9.17) is 0 Å². The average Bonchev–Trinajstić information content (AvgIpc) is 3.53. The summed E-state index contributed by atoms with van der Waals surface area (Å²) in [6.07, 6.45) is 8.77. The van der Waals surface area contributed by atoms with Gasteiger partial charge in [-0.25, -0.2) is 18.7 Å². The number of nitrogens with zero attached hydrogens (tertiary/aromatic N) is 5. The van der Waals surface area contributed by atoms with Crippen molar-refractivity contribution in [2.75, 3.05) is 18.0 Å². The van der Waals surface area contributed by atoms with Crippen LogP contribution in [0.4, 0.5) is 14.5 Å². The summed E-state index contributed by atoms with van der Waals surface area (Å²) >= 11 is 0. The number of halogens is 2. The third-order valence-corrected chi connectivity index (χ3v) is 6.11. The summed E-state index contributed by atoms with van der Waals surface area (Å²) in [5.74, 6) is 0.541. The zero-order valence-electron chi connectivity index (χ0n) is 18.6. The van der Waals surface area contributed by atoms with E-state index in [1.54, 1.807) is 30.9 Å². The molecule has 2 aromatic rings. The number of rotatable bonds is 9. The van der Waals surface area contributed by atoms with E-state index in [9.17, 15) is 8.78 Å². The number of anilines is 1. The second-order valence-corrected chi connectivity index (χ2v) is 9.13. The van der Waals surface area contributed by atoms with Gasteiger partial charge in [-0.2, -0.15) is 0 Å². The summed E-state index contributed by atoms with van der Waals surface area (Å²) in [7, 11) is 0. The molecule has 5 nitrogen and oxygen atoms in total. The molecule has 0 N–H and O–H groups in total. The Hall–Kier alpha value is -2.96. The minimum atomic E-state index is -0.780. The van der Waals surface area contributed by atoms with Crippen molar-refractivity contribution in [1.29, 1.82) is 0 Å². The van der Waals surface area contributed by atoms with Crippen LogP contribution < -0.4 is 4.90 Å². The summed E-state index contributed by atoms with van der Waals surface area (Å²) in [4.78, 5) is 18.6. The highest BCUT2D eigenvalue weighted by atomic mass is 19.2. The Labute approximate surface area is 188 Å². The van der Waals surface area contributed by atoms with E-state index >= 15 is 0 Å². The molecule has 0 amide bonds. The molecule has 2 fully saturated rings. The zero-order valence-corrected chi connectivity index (χ0v) is 18.6. The lowest BCUT2D eigenvalue weighted by atomic mass is 9.89. The fourth-order valence-electron chi connectivity index (χ4n) is 4.53. The molecule has 0 spiro atoms. The smallest absolute Gasteiger partial charge is 0.182 e. The highest BCUT2D eigenvalue weighted by Gasteiger charge is 2.42. The molecule has 168 valence electrons. The molecule has 2 heterocycles. The van der Waals surface area contributed by atoms with Crippen molar-refractivity contribution in [3.63, 3.8) is 0 Å². The predicted molar refractivity (Wildman–Crippen MR) is 124 cm³/mol.